The molecule has 5 heteroatoms. The molecular formula is C12H23N3O2. The average molecular weight is 241 g/mol. The number of nitro groups is 1. The number of hydrogen-bond acceptors (Lipinski definition) is 4. The molecule has 0 radical (unpaired) electrons. The molecule has 1 aliphatic carbocycles. The minimum absolute atomic E-state index is 0.161. The first-order chi connectivity index (χ1) is 7.99. The van der Waals surface area contributed by atoms with Gasteiger partial charge in [0, 0.05) is 51.0 Å². The van der Waals surface area contributed by atoms with Gasteiger partial charge in [0.15, 0.2) is 0 Å². The third-order valence-corrected chi connectivity index (χ3v) is 4.10. The molecule has 0 aromatic heterocycles. The number of hydrogen-bond donors (Lipinski definition) is 0. The van der Waals surface area contributed by atoms with Crippen LogP contribution in [0.5, 0.6) is 0 Å². The second kappa shape index (κ2) is 4.90. The zero-order valence-electron chi connectivity index (χ0n) is 10.9. The summed E-state index contributed by atoms with van der Waals surface area (Å²) in [6.07, 6.45) is 4.07. The maximum atomic E-state index is 10.9. The van der Waals surface area contributed by atoms with Crippen molar-refractivity contribution in [1.29, 1.82) is 0 Å². The van der Waals surface area contributed by atoms with Gasteiger partial charge in [0.05, 0.1) is 6.54 Å². The van der Waals surface area contributed by atoms with E-state index in [-0.39, 0.29) is 4.92 Å². The Bertz CT molecular complexity index is 281. The standard InChI is InChI=1S/C12H23N3O2/c1-12(2,15(16)17)10-13-6-8-14(9-7-13)11-4-3-5-11/h11H,3-10H2,1-2H3. The number of nitrogens with zero attached hydrogens (tertiary/aromatic N) is 3. The molecule has 0 N–H and O–H groups in total. The Hall–Kier alpha value is -0.680. The minimum Gasteiger partial charge on any atom is -0.298 e. The summed E-state index contributed by atoms with van der Waals surface area (Å²) in [5.74, 6) is 0. The van der Waals surface area contributed by atoms with E-state index in [1.807, 2.05) is 0 Å². The molecule has 0 bridgehead atoms. The summed E-state index contributed by atoms with van der Waals surface area (Å²) < 4.78 is 0. The molecule has 0 amide bonds. The van der Waals surface area contributed by atoms with E-state index in [0.29, 0.717) is 6.54 Å². The molecule has 1 heterocycles. The smallest absolute Gasteiger partial charge is 0.229 e. The molecule has 2 fully saturated rings. The van der Waals surface area contributed by atoms with Gasteiger partial charge in [-0.2, -0.15) is 0 Å². The van der Waals surface area contributed by atoms with Crippen molar-refractivity contribution in [2.75, 3.05) is 32.7 Å². The molecule has 0 aromatic carbocycles. The van der Waals surface area contributed by atoms with Gasteiger partial charge < -0.3 is 0 Å². The Morgan fingerprint density at radius 3 is 2.24 bits per heavy atom. The van der Waals surface area contributed by atoms with E-state index in [4.69, 9.17) is 0 Å². The van der Waals surface area contributed by atoms with Crippen molar-refractivity contribution in [3.63, 3.8) is 0 Å². The van der Waals surface area contributed by atoms with Crippen molar-refractivity contribution in [3.05, 3.63) is 10.1 Å². The summed E-state index contributed by atoms with van der Waals surface area (Å²) in [6.45, 7) is 8.12. The van der Waals surface area contributed by atoms with Crippen molar-refractivity contribution < 1.29 is 4.92 Å². The quantitative estimate of drug-likeness (QED) is 0.548. The predicted octanol–water partition coefficient (Wildman–Crippen LogP) is 1.21. The molecule has 98 valence electrons. The number of rotatable bonds is 4. The molecule has 1 saturated heterocycles. The van der Waals surface area contributed by atoms with Crippen LogP contribution >= 0.6 is 0 Å². The highest BCUT2D eigenvalue weighted by Crippen LogP contribution is 2.25. The summed E-state index contributed by atoms with van der Waals surface area (Å²) in [5.41, 5.74) is -0.821. The van der Waals surface area contributed by atoms with Gasteiger partial charge in [-0.1, -0.05) is 6.42 Å². The molecular weight excluding hydrogens is 218 g/mol. The van der Waals surface area contributed by atoms with Crippen molar-refractivity contribution >= 4 is 0 Å². The SMILES string of the molecule is CC(C)(CN1CCN(C2CCC2)CC1)[N+](=O)[O-]. The summed E-state index contributed by atoms with van der Waals surface area (Å²) in [4.78, 5) is 15.5. The summed E-state index contributed by atoms with van der Waals surface area (Å²) in [7, 11) is 0. The van der Waals surface area contributed by atoms with E-state index in [1.165, 1.54) is 19.3 Å². The van der Waals surface area contributed by atoms with Crippen LogP contribution in [0.25, 0.3) is 0 Å². The van der Waals surface area contributed by atoms with Crippen molar-refractivity contribution in [2.45, 2.75) is 44.7 Å². The van der Waals surface area contributed by atoms with Crippen LogP contribution in [0.1, 0.15) is 33.1 Å². The summed E-state index contributed by atoms with van der Waals surface area (Å²) in [6, 6.07) is 0.806. The van der Waals surface area contributed by atoms with E-state index in [0.717, 1.165) is 32.2 Å². The van der Waals surface area contributed by atoms with Crippen molar-refractivity contribution in [1.82, 2.24) is 9.80 Å². The lowest BCUT2D eigenvalue weighted by molar-refractivity contribution is -0.561. The molecule has 2 rings (SSSR count). The Morgan fingerprint density at radius 2 is 1.82 bits per heavy atom. The third-order valence-electron chi connectivity index (χ3n) is 4.10. The van der Waals surface area contributed by atoms with Gasteiger partial charge in [-0.05, 0) is 12.8 Å². The highest BCUT2D eigenvalue weighted by Gasteiger charge is 2.35. The molecule has 0 unspecified atom stereocenters. The van der Waals surface area contributed by atoms with Crippen LogP contribution in [0.15, 0.2) is 0 Å². The van der Waals surface area contributed by atoms with Crippen LogP contribution in [0.2, 0.25) is 0 Å². The van der Waals surface area contributed by atoms with E-state index in [9.17, 15) is 10.1 Å². The van der Waals surface area contributed by atoms with Gasteiger partial charge in [0.25, 0.3) is 0 Å². The zero-order valence-corrected chi connectivity index (χ0v) is 10.9. The molecule has 17 heavy (non-hydrogen) atoms. The Balaban J connectivity index is 1.76. The summed E-state index contributed by atoms with van der Waals surface area (Å²) in [5, 5.41) is 10.9. The van der Waals surface area contributed by atoms with Crippen LogP contribution in [-0.4, -0.2) is 59.0 Å². The molecule has 0 spiro atoms. The molecule has 5 nitrogen and oxygen atoms in total. The first-order valence-electron chi connectivity index (χ1n) is 6.60. The Kier molecular flexibility index (Phi) is 3.68. The predicted molar refractivity (Wildman–Crippen MR) is 66.7 cm³/mol. The Labute approximate surface area is 103 Å². The lowest BCUT2D eigenvalue weighted by Gasteiger charge is -2.43. The van der Waals surface area contributed by atoms with Gasteiger partial charge in [0.1, 0.15) is 0 Å². The first kappa shape index (κ1) is 12.8. The topological polar surface area (TPSA) is 49.6 Å². The van der Waals surface area contributed by atoms with Gasteiger partial charge in [-0.25, -0.2) is 0 Å². The van der Waals surface area contributed by atoms with E-state index < -0.39 is 5.54 Å². The van der Waals surface area contributed by atoms with Crippen LogP contribution in [0.3, 0.4) is 0 Å². The normalized spacial score (nSPS) is 24.6. The molecule has 2 aliphatic rings. The molecule has 1 saturated carbocycles. The third kappa shape index (κ3) is 2.96. The van der Waals surface area contributed by atoms with E-state index in [2.05, 4.69) is 9.80 Å². The molecule has 1 aliphatic heterocycles. The Morgan fingerprint density at radius 1 is 1.24 bits per heavy atom. The average Bonchev–Trinajstić information content (AvgIpc) is 2.17. The van der Waals surface area contributed by atoms with Gasteiger partial charge in [-0.3, -0.25) is 19.9 Å². The minimum atomic E-state index is -0.821. The van der Waals surface area contributed by atoms with Crippen LogP contribution in [-0.2, 0) is 0 Å². The van der Waals surface area contributed by atoms with Crippen LogP contribution in [0, 0.1) is 10.1 Å². The van der Waals surface area contributed by atoms with Crippen molar-refractivity contribution in [3.8, 4) is 0 Å². The first-order valence-corrected chi connectivity index (χ1v) is 6.60. The highest BCUT2D eigenvalue weighted by molar-refractivity contribution is 4.85. The summed E-state index contributed by atoms with van der Waals surface area (Å²) >= 11 is 0. The second-order valence-corrected chi connectivity index (χ2v) is 5.97. The van der Waals surface area contributed by atoms with E-state index >= 15 is 0 Å². The monoisotopic (exact) mass is 241 g/mol. The largest absolute Gasteiger partial charge is 0.298 e. The van der Waals surface area contributed by atoms with Gasteiger partial charge in [-0.15, -0.1) is 0 Å². The fourth-order valence-corrected chi connectivity index (χ4v) is 2.64. The fourth-order valence-electron chi connectivity index (χ4n) is 2.64. The fraction of sp³-hybridized carbons (Fsp3) is 1.00. The van der Waals surface area contributed by atoms with Crippen LogP contribution < -0.4 is 0 Å². The van der Waals surface area contributed by atoms with E-state index in [1.54, 1.807) is 13.8 Å². The lowest BCUT2D eigenvalue weighted by Crippen LogP contribution is -2.55. The van der Waals surface area contributed by atoms with Gasteiger partial charge >= 0.3 is 0 Å². The van der Waals surface area contributed by atoms with Gasteiger partial charge in [0.2, 0.25) is 5.54 Å². The molecule has 0 aromatic rings. The van der Waals surface area contributed by atoms with Crippen LogP contribution in [0.4, 0.5) is 0 Å². The second-order valence-electron chi connectivity index (χ2n) is 5.97. The molecule has 0 atom stereocenters. The highest BCUT2D eigenvalue weighted by atomic mass is 16.6. The lowest BCUT2D eigenvalue weighted by atomic mass is 9.91. The number of piperazine rings is 1. The maximum Gasteiger partial charge on any atom is 0.229 e. The zero-order chi connectivity index (χ0) is 12.5. The maximum absolute atomic E-state index is 10.9. The van der Waals surface area contributed by atoms with Crippen molar-refractivity contribution in [2.24, 2.45) is 0 Å².